The number of hydrogen-bond donors (Lipinski definition) is 0. The highest BCUT2D eigenvalue weighted by atomic mass is 35.5. The van der Waals surface area contributed by atoms with Gasteiger partial charge in [-0.2, -0.15) is 0 Å². The van der Waals surface area contributed by atoms with Crippen LogP contribution in [-0.4, -0.2) is 34.4 Å². The number of anilines is 1. The van der Waals surface area contributed by atoms with Gasteiger partial charge in [-0.15, -0.1) is 11.8 Å². The van der Waals surface area contributed by atoms with Crippen molar-refractivity contribution in [2.45, 2.75) is 4.90 Å². The summed E-state index contributed by atoms with van der Waals surface area (Å²) in [4.78, 5) is 3.50. The van der Waals surface area contributed by atoms with Crippen molar-refractivity contribution in [1.82, 2.24) is 4.58 Å². The highest BCUT2D eigenvalue weighted by molar-refractivity contribution is 7.98. The van der Waals surface area contributed by atoms with E-state index in [9.17, 15) is 0 Å². The molecule has 0 aromatic heterocycles. The maximum Gasteiger partial charge on any atom is 0.234 e. The molecular formula is C14H19ClN2S. The summed E-state index contributed by atoms with van der Waals surface area (Å²) in [6.45, 7) is 0. The van der Waals surface area contributed by atoms with E-state index in [1.165, 1.54) is 27.1 Å². The lowest BCUT2D eigenvalue weighted by Crippen LogP contribution is -3.00. The minimum Gasteiger partial charge on any atom is -1.00 e. The molecule has 18 heavy (non-hydrogen) atoms. The van der Waals surface area contributed by atoms with Gasteiger partial charge in [0.2, 0.25) is 5.36 Å². The number of thioether (sulfide) groups is 1. The van der Waals surface area contributed by atoms with Crippen LogP contribution in [0.3, 0.4) is 0 Å². The van der Waals surface area contributed by atoms with Crippen molar-refractivity contribution in [2.75, 3.05) is 39.3 Å². The second kappa shape index (κ2) is 5.81. The summed E-state index contributed by atoms with van der Waals surface area (Å²) >= 11 is 1.78. The molecule has 2 nitrogen and oxygen atoms in total. The molecule has 2 aromatic rings. The quantitative estimate of drug-likeness (QED) is 0.529. The number of rotatable bonds is 3. The maximum atomic E-state index is 2.21. The first-order chi connectivity index (χ1) is 8.06. The predicted molar refractivity (Wildman–Crippen MR) is 77.5 cm³/mol. The maximum absolute atomic E-state index is 2.21. The predicted octanol–water partition coefficient (Wildman–Crippen LogP) is -0.947. The fraction of sp³-hybridized carbons (Fsp3) is 0.357. The Balaban J connectivity index is 0.00000162. The molecule has 0 amide bonds. The molecule has 0 spiro atoms. The van der Waals surface area contributed by atoms with Crippen molar-refractivity contribution in [3.8, 4) is 11.1 Å². The monoisotopic (exact) mass is 282 g/mol. The number of hydrogen-bond acceptors (Lipinski definition) is 2. The molecule has 0 aliphatic carbocycles. The first-order valence-electron chi connectivity index (χ1n) is 5.67. The molecule has 0 fully saturated rings. The van der Waals surface area contributed by atoms with Gasteiger partial charge < -0.3 is 17.3 Å². The summed E-state index contributed by atoms with van der Waals surface area (Å²) in [6.07, 6.45) is 2.11. The zero-order chi connectivity index (χ0) is 12.6. The van der Waals surface area contributed by atoms with Gasteiger partial charge in [-0.3, -0.25) is 0 Å². The minimum absolute atomic E-state index is 0. The average molecular weight is 283 g/mol. The molecule has 0 unspecified atom stereocenters. The normalized spacial score (nSPS) is 10.3. The van der Waals surface area contributed by atoms with Gasteiger partial charge in [0.25, 0.3) is 0 Å². The minimum atomic E-state index is 0. The molecule has 0 radical (unpaired) electrons. The second-order valence-corrected chi connectivity index (χ2v) is 5.47. The van der Waals surface area contributed by atoms with Crippen LogP contribution in [0.1, 0.15) is 0 Å². The molecule has 0 aliphatic rings. The van der Waals surface area contributed by atoms with Crippen molar-refractivity contribution < 1.29 is 12.4 Å². The number of halogens is 1. The van der Waals surface area contributed by atoms with E-state index in [0.29, 0.717) is 0 Å². The molecule has 0 aliphatic heterocycles. The van der Waals surface area contributed by atoms with E-state index < -0.39 is 0 Å². The van der Waals surface area contributed by atoms with Crippen molar-refractivity contribution in [3.63, 3.8) is 0 Å². The Labute approximate surface area is 119 Å². The van der Waals surface area contributed by atoms with E-state index in [0.717, 1.165) is 0 Å². The Hall–Kier alpha value is -0.930. The third-order valence-corrected chi connectivity index (χ3v) is 3.65. The summed E-state index contributed by atoms with van der Waals surface area (Å²) in [6, 6.07) is 8.79. The third kappa shape index (κ3) is 2.73. The molecule has 98 valence electrons. The summed E-state index contributed by atoms with van der Waals surface area (Å²) in [5.41, 5.74) is 4.05. The topological polar surface area (TPSA) is 6.25 Å². The SMILES string of the molecule is CSc1ccc(-c2c(N(C)C)c2=[N+](C)C)cc1.[Cl-]. The van der Waals surface area contributed by atoms with Crippen molar-refractivity contribution in [2.24, 2.45) is 0 Å². The molecule has 2 rings (SSSR count). The summed E-state index contributed by atoms with van der Waals surface area (Å²) < 4.78 is 2.19. The zero-order valence-electron chi connectivity index (χ0n) is 11.5. The van der Waals surface area contributed by atoms with Crippen molar-refractivity contribution in [1.29, 1.82) is 0 Å². The summed E-state index contributed by atoms with van der Waals surface area (Å²) in [7, 11) is 8.40. The molecular weight excluding hydrogens is 264 g/mol. The Morgan fingerprint density at radius 2 is 1.61 bits per heavy atom. The van der Waals surface area contributed by atoms with Crippen LogP contribution < -0.4 is 27.2 Å². The lowest BCUT2D eigenvalue weighted by Gasteiger charge is -2.02. The van der Waals surface area contributed by atoms with Crippen LogP contribution in [0, 0.1) is 0 Å². The van der Waals surface area contributed by atoms with Gasteiger partial charge in [-0.1, -0.05) is 12.1 Å². The summed E-state index contributed by atoms with van der Waals surface area (Å²) in [5, 5.41) is 1.35. The van der Waals surface area contributed by atoms with Crippen LogP contribution in [0.5, 0.6) is 0 Å². The second-order valence-electron chi connectivity index (χ2n) is 4.59. The average Bonchev–Trinajstić information content (AvgIpc) is 3.04. The molecule has 0 saturated heterocycles. The molecule has 0 bridgehead atoms. The number of nitrogens with zero attached hydrogens (tertiary/aromatic N) is 2. The van der Waals surface area contributed by atoms with E-state index in [4.69, 9.17) is 0 Å². The highest BCUT2D eigenvalue weighted by Gasteiger charge is 2.29. The molecule has 0 atom stereocenters. The van der Waals surface area contributed by atoms with Crippen molar-refractivity contribution >= 4 is 17.4 Å². The van der Waals surface area contributed by atoms with E-state index in [-0.39, 0.29) is 12.4 Å². The van der Waals surface area contributed by atoms with Crippen LogP contribution in [0.2, 0.25) is 0 Å². The molecule has 0 heterocycles. The fourth-order valence-electron chi connectivity index (χ4n) is 2.07. The highest BCUT2D eigenvalue weighted by Crippen LogP contribution is 2.32. The Kier molecular flexibility index (Phi) is 4.88. The van der Waals surface area contributed by atoms with Gasteiger partial charge in [-0.25, -0.2) is 4.58 Å². The first-order valence-corrected chi connectivity index (χ1v) is 6.89. The van der Waals surface area contributed by atoms with Crippen LogP contribution in [0.25, 0.3) is 11.1 Å². The van der Waals surface area contributed by atoms with E-state index in [2.05, 4.69) is 68.2 Å². The Morgan fingerprint density at radius 3 is 1.94 bits per heavy atom. The lowest BCUT2D eigenvalue weighted by molar-refractivity contribution is -0.00000359. The van der Waals surface area contributed by atoms with Crippen molar-refractivity contribution in [3.05, 3.63) is 29.6 Å². The largest absolute Gasteiger partial charge is 1.00 e. The van der Waals surface area contributed by atoms with E-state index >= 15 is 0 Å². The van der Waals surface area contributed by atoms with Crippen LogP contribution in [0.4, 0.5) is 5.69 Å². The van der Waals surface area contributed by atoms with Gasteiger partial charge in [-0.05, 0) is 24.0 Å². The van der Waals surface area contributed by atoms with Crippen LogP contribution in [-0.2, 0) is 0 Å². The zero-order valence-corrected chi connectivity index (χ0v) is 13.1. The standard InChI is InChI=1S/C14H19N2S.ClH/c1-15(2)13-12(14(13)16(3)4)10-6-8-11(17-5)9-7-10;/h6-9H,1-5H3;1H/q+1;/p-1. The van der Waals surface area contributed by atoms with Gasteiger partial charge in [0, 0.05) is 19.0 Å². The molecule has 4 heteroatoms. The van der Waals surface area contributed by atoms with Crippen LogP contribution >= 0.6 is 11.8 Å². The number of benzene rings is 1. The molecule has 0 saturated carbocycles. The van der Waals surface area contributed by atoms with Gasteiger partial charge in [0.1, 0.15) is 19.8 Å². The Morgan fingerprint density at radius 1 is 1.06 bits per heavy atom. The smallest absolute Gasteiger partial charge is 0.234 e. The van der Waals surface area contributed by atoms with Gasteiger partial charge in [0.05, 0.1) is 5.56 Å². The van der Waals surface area contributed by atoms with E-state index in [1.54, 1.807) is 11.8 Å². The van der Waals surface area contributed by atoms with Gasteiger partial charge >= 0.3 is 0 Å². The first kappa shape index (κ1) is 15.1. The Bertz CT molecular complexity index is 545. The molecule has 2 aromatic carbocycles. The van der Waals surface area contributed by atoms with Gasteiger partial charge in [0.15, 0.2) is 0 Å². The van der Waals surface area contributed by atoms with E-state index in [1.807, 2.05) is 0 Å². The third-order valence-electron chi connectivity index (χ3n) is 2.91. The fourth-order valence-corrected chi connectivity index (χ4v) is 2.48. The summed E-state index contributed by atoms with van der Waals surface area (Å²) in [5.74, 6) is 0. The van der Waals surface area contributed by atoms with Crippen LogP contribution in [0.15, 0.2) is 29.2 Å². The lowest BCUT2D eigenvalue weighted by atomic mass is 10.2. The molecule has 0 N–H and O–H groups in total.